The van der Waals surface area contributed by atoms with Crippen LogP contribution in [-0.4, -0.2) is 36.4 Å². The number of nitrogens with zero attached hydrogens (tertiary/aromatic N) is 2. The van der Waals surface area contributed by atoms with Crippen LogP contribution in [0.25, 0.3) is 0 Å². The minimum absolute atomic E-state index is 0.0295. The van der Waals surface area contributed by atoms with Gasteiger partial charge in [0.2, 0.25) is 0 Å². The summed E-state index contributed by atoms with van der Waals surface area (Å²) >= 11 is 0. The number of anilines is 1. The van der Waals surface area contributed by atoms with Crippen molar-refractivity contribution in [2.24, 2.45) is 5.41 Å². The Balaban J connectivity index is 1.91. The zero-order valence-corrected chi connectivity index (χ0v) is 16.9. The van der Waals surface area contributed by atoms with Crippen LogP contribution in [-0.2, 0) is 20.9 Å². The maximum atomic E-state index is 12.3. The van der Waals surface area contributed by atoms with Crippen molar-refractivity contribution >= 4 is 23.6 Å². The molecule has 0 saturated carbocycles. The third-order valence-electron chi connectivity index (χ3n) is 5.08. The van der Waals surface area contributed by atoms with Crippen LogP contribution in [0.3, 0.4) is 0 Å². The second-order valence-electron chi connectivity index (χ2n) is 7.48. The number of rotatable bonds is 8. The highest BCUT2D eigenvalue weighted by Gasteiger charge is 2.40. The second kappa shape index (κ2) is 8.94. The van der Waals surface area contributed by atoms with Gasteiger partial charge in [0.25, 0.3) is 5.69 Å². The highest BCUT2D eigenvalue weighted by Crippen LogP contribution is 2.39. The van der Waals surface area contributed by atoms with Crippen LogP contribution in [0.15, 0.2) is 48.5 Å². The molecule has 1 aliphatic rings. The fraction of sp³-hybridized carbons (Fsp3) is 0.364. The summed E-state index contributed by atoms with van der Waals surface area (Å²) in [5.74, 6) is -0.113. The molecule has 0 bridgehead atoms. The quantitative estimate of drug-likeness (QED) is 0.215. The fourth-order valence-electron chi connectivity index (χ4n) is 3.54. The molecule has 30 heavy (non-hydrogen) atoms. The first-order valence-electron chi connectivity index (χ1n) is 9.74. The van der Waals surface area contributed by atoms with Crippen molar-refractivity contribution < 1.29 is 24.0 Å². The third-order valence-corrected chi connectivity index (χ3v) is 5.08. The van der Waals surface area contributed by atoms with Crippen LogP contribution in [0.4, 0.5) is 11.4 Å². The molecule has 0 aliphatic carbocycles. The van der Waals surface area contributed by atoms with Crippen molar-refractivity contribution in [2.45, 2.75) is 32.9 Å². The summed E-state index contributed by atoms with van der Waals surface area (Å²) in [4.78, 5) is 36.8. The molecule has 0 fully saturated rings. The molecule has 0 N–H and O–H groups in total. The van der Waals surface area contributed by atoms with Gasteiger partial charge in [-0.15, -0.1) is 0 Å². The van der Waals surface area contributed by atoms with E-state index in [0.29, 0.717) is 30.8 Å². The highest BCUT2D eigenvalue weighted by atomic mass is 16.6. The molecular formula is C22H24N2O6. The summed E-state index contributed by atoms with van der Waals surface area (Å²) < 4.78 is 11.1. The van der Waals surface area contributed by atoms with Crippen LogP contribution in [0.5, 0.6) is 5.75 Å². The van der Waals surface area contributed by atoms with Crippen molar-refractivity contribution in [1.29, 1.82) is 0 Å². The molecule has 2 aromatic carbocycles. The molecule has 1 unspecified atom stereocenters. The molecule has 0 amide bonds. The number of non-ortho nitro benzene ring substituents is 1. The maximum Gasteiger partial charge on any atom is 0.319 e. The van der Waals surface area contributed by atoms with Gasteiger partial charge in [0.15, 0.2) is 0 Å². The lowest BCUT2D eigenvalue weighted by atomic mass is 9.85. The maximum absolute atomic E-state index is 12.3. The van der Waals surface area contributed by atoms with E-state index in [-0.39, 0.29) is 18.7 Å². The van der Waals surface area contributed by atoms with Crippen molar-refractivity contribution in [3.63, 3.8) is 0 Å². The Morgan fingerprint density at radius 3 is 2.70 bits per heavy atom. The van der Waals surface area contributed by atoms with Gasteiger partial charge in [-0.3, -0.25) is 14.9 Å². The number of nitro benzene ring substituents is 1. The number of fused-ring (bicyclic) bond motifs is 1. The van der Waals surface area contributed by atoms with Crippen molar-refractivity contribution in [1.82, 2.24) is 0 Å². The summed E-state index contributed by atoms with van der Waals surface area (Å²) in [7, 11) is 0. The monoisotopic (exact) mass is 412 g/mol. The van der Waals surface area contributed by atoms with Gasteiger partial charge >= 0.3 is 5.97 Å². The van der Waals surface area contributed by atoms with E-state index in [4.69, 9.17) is 9.47 Å². The van der Waals surface area contributed by atoms with Gasteiger partial charge in [-0.2, -0.15) is 0 Å². The first-order chi connectivity index (χ1) is 14.4. The number of hydrogen-bond acceptors (Lipinski definition) is 7. The molecule has 1 aliphatic heterocycles. The summed E-state index contributed by atoms with van der Waals surface area (Å²) in [6.45, 7) is 4.28. The standard InChI is InChI=1S/C22H24N2O6/c1-3-29-21(26)22(2,15-25)12-18-14-23(13-16-7-5-4-6-8-16)19-11-17(24(27)28)9-10-20(19)30-18/h4-11,15,18H,3,12-14H2,1-2H3/t18-,22?/m0/s1. The SMILES string of the molecule is CCOC(=O)C(C)(C=O)C[C@H]1CN(Cc2ccccc2)c2cc([N+](=O)[O-])ccc2O1. The Labute approximate surface area is 174 Å². The molecule has 0 spiro atoms. The van der Waals surface area contributed by atoms with Crippen LogP contribution in [0, 0.1) is 15.5 Å². The van der Waals surface area contributed by atoms with Gasteiger partial charge in [-0.05, 0) is 25.5 Å². The second-order valence-corrected chi connectivity index (χ2v) is 7.48. The molecular weight excluding hydrogens is 388 g/mol. The largest absolute Gasteiger partial charge is 0.486 e. The summed E-state index contributed by atoms with van der Waals surface area (Å²) in [5.41, 5.74) is 0.266. The predicted molar refractivity (Wildman–Crippen MR) is 110 cm³/mol. The minimum atomic E-state index is -1.34. The first kappa shape index (κ1) is 21.3. The van der Waals surface area contributed by atoms with E-state index in [0.717, 1.165) is 5.56 Å². The molecule has 2 atom stereocenters. The van der Waals surface area contributed by atoms with E-state index in [1.807, 2.05) is 35.2 Å². The molecule has 0 radical (unpaired) electrons. The molecule has 8 heteroatoms. The van der Waals surface area contributed by atoms with Crippen LogP contribution in [0.2, 0.25) is 0 Å². The molecule has 2 aromatic rings. The smallest absolute Gasteiger partial charge is 0.319 e. The number of carbonyl (C=O) groups excluding carboxylic acids is 2. The van der Waals surface area contributed by atoms with Gasteiger partial charge in [0.05, 0.1) is 23.8 Å². The van der Waals surface area contributed by atoms with Gasteiger partial charge in [0, 0.05) is 25.1 Å². The van der Waals surface area contributed by atoms with Gasteiger partial charge < -0.3 is 19.2 Å². The summed E-state index contributed by atoms with van der Waals surface area (Å²) in [5, 5.41) is 11.2. The predicted octanol–water partition coefficient (Wildman–Crippen LogP) is 3.52. The van der Waals surface area contributed by atoms with E-state index in [2.05, 4.69) is 0 Å². The number of hydrogen-bond donors (Lipinski definition) is 0. The number of nitro groups is 1. The molecule has 1 heterocycles. The van der Waals surface area contributed by atoms with Gasteiger partial charge in [-0.1, -0.05) is 30.3 Å². The van der Waals surface area contributed by atoms with Crippen molar-refractivity contribution in [3.05, 3.63) is 64.2 Å². The summed E-state index contributed by atoms with van der Waals surface area (Å²) in [6.07, 6.45) is 0.264. The number of benzene rings is 2. The average molecular weight is 412 g/mol. The highest BCUT2D eigenvalue weighted by molar-refractivity contribution is 5.92. The molecule has 3 rings (SSSR count). The number of ether oxygens (including phenoxy) is 2. The van der Waals surface area contributed by atoms with E-state index in [1.165, 1.54) is 19.1 Å². The lowest BCUT2D eigenvalue weighted by Crippen LogP contribution is -2.45. The summed E-state index contributed by atoms with van der Waals surface area (Å²) in [6, 6.07) is 14.1. The van der Waals surface area contributed by atoms with Gasteiger partial charge in [-0.25, -0.2) is 0 Å². The first-order valence-corrected chi connectivity index (χ1v) is 9.74. The molecule has 158 valence electrons. The zero-order valence-electron chi connectivity index (χ0n) is 16.9. The molecule has 0 aromatic heterocycles. The minimum Gasteiger partial charge on any atom is -0.486 e. The van der Waals surface area contributed by atoms with Crippen LogP contribution >= 0.6 is 0 Å². The molecule has 8 nitrogen and oxygen atoms in total. The Morgan fingerprint density at radius 1 is 1.33 bits per heavy atom. The third kappa shape index (κ3) is 4.59. The van der Waals surface area contributed by atoms with E-state index in [9.17, 15) is 19.7 Å². The lowest BCUT2D eigenvalue weighted by molar-refractivity contribution is -0.384. The van der Waals surface area contributed by atoms with Crippen LogP contribution in [0.1, 0.15) is 25.8 Å². The Bertz CT molecular complexity index is 932. The number of esters is 1. The van der Waals surface area contributed by atoms with E-state index < -0.39 is 22.4 Å². The number of aldehydes is 1. The average Bonchev–Trinajstić information content (AvgIpc) is 2.74. The van der Waals surface area contributed by atoms with Crippen molar-refractivity contribution in [3.8, 4) is 5.75 Å². The van der Waals surface area contributed by atoms with Crippen LogP contribution < -0.4 is 9.64 Å². The van der Waals surface area contributed by atoms with E-state index in [1.54, 1.807) is 13.0 Å². The lowest BCUT2D eigenvalue weighted by Gasteiger charge is -2.38. The fourth-order valence-corrected chi connectivity index (χ4v) is 3.54. The normalized spacial score (nSPS) is 17.3. The Kier molecular flexibility index (Phi) is 6.34. The Morgan fingerprint density at radius 2 is 2.07 bits per heavy atom. The number of carbonyl (C=O) groups is 2. The van der Waals surface area contributed by atoms with Gasteiger partial charge in [0.1, 0.15) is 23.6 Å². The van der Waals surface area contributed by atoms with E-state index >= 15 is 0 Å². The van der Waals surface area contributed by atoms with Crippen molar-refractivity contribution in [2.75, 3.05) is 18.1 Å². The topological polar surface area (TPSA) is 99.0 Å². The Hall–Kier alpha value is -3.42. The molecule has 0 saturated heterocycles. The zero-order chi connectivity index (χ0) is 21.7.